The number of carbonyl (C=O) groups is 1. The largest absolute Gasteiger partial charge is 0.756 e. The lowest BCUT2D eigenvalue weighted by molar-refractivity contribution is -0.870. The number of unbranched alkanes of at least 4 members (excludes halogenated alkanes) is 37. The molecular weight excluding hydrogens is 782 g/mol. The van der Waals surface area contributed by atoms with E-state index in [4.69, 9.17) is 18.5 Å². The van der Waals surface area contributed by atoms with Gasteiger partial charge in [0.1, 0.15) is 19.3 Å². The number of rotatable bonds is 51. The van der Waals surface area contributed by atoms with Crippen molar-refractivity contribution >= 4 is 13.8 Å². The molecule has 0 aromatic rings. The molecule has 0 rings (SSSR count). The summed E-state index contributed by atoms with van der Waals surface area (Å²) in [5, 5.41) is 0. The Bertz CT molecular complexity index is 945. The molecule has 0 aliphatic rings. The number of likely N-dealkylation sites (N-methyl/N-ethyl adjacent to an activating group) is 1. The van der Waals surface area contributed by atoms with Crippen LogP contribution in [0.2, 0.25) is 0 Å². The van der Waals surface area contributed by atoms with Crippen molar-refractivity contribution in [2.24, 2.45) is 0 Å². The maximum absolute atomic E-state index is 12.8. The smallest absolute Gasteiger partial charge is 0.306 e. The molecule has 0 aromatic carbocycles. The molecule has 0 saturated heterocycles. The normalized spacial score (nSPS) is 13.5. The van der Waals surface area contributed by atoms with Crippen molar-refractivity contribution < 1.29 is 37.3 Å². The summed E-state index contributed by atoms with van der Waals surface area (Å²) in [6.07, 6.45) is 51.3. The first kappa shape index (κ1) is 60.5. The standard InChI is InChI=1S/C52H106NO7P/c1-6-8-10-12-14-16-18-20-22-24-25-26-27-28-29-30-31-33-35-37-39-41-43-45-52(54)60-51(50-59-61(55,56)58-48-46-53(3,4)5)49-57-47-44-42-40-38-36-34-32-23-21-19-17-15-13-11-9-7-2/h51H,6-50H2,1-5H3. The van der Waals surface area contributed by atoms with E-state index in [1.807, 2.05) is 21.1 Å². The van der Waals surface area contributed by atoms with Gasteiger partial charge in [0.05, 0.1) is 34.4 Å². The van der Waals surface area contributed by atoms with E-state index in [0.717, 1.165) is 32.1 Å². The van der Waals surface area contributed by atoms with Crippen LogP contribution in [0.4, 0.5) is 0 Å². The average molecular weight is 888 g/mol. The Kier molecular flexibility index (Phi) is 45.7. The number of ether oxygens (including phenoxy) is 2. The molecule has 2 atom stereocenters. The lowest BCUT2D eigenvalue weighted by atomic mass is 10.0. The molecule has 0 aromatic heterocycles. The van der Waals surface area contributed by atoms with E-state index in [-0.39, 0.29) is 25.8 Å². The second-order valence-corrected chi connectivity index (χ2v) is 21.0. The Morgan fingerprint density at radius 3 is 1.08 bits per heavy atom. The van der Waals surface area contributed by atoms with Gasteiger partial charge in [0.25, 0.3) is 7.82 Å². The van der Waals surface area contributed by atoms with Crippen LogP contribution >= 0.6 is 7.82 Å². The molecule has 2 unspecified atom stereocenters. The molecule has 0 fully saturated rings. The molecule has 0 radical (unpaired) electrons. The highest BCUT2D eigenvalue weighted by Gasteiger charge is 2.20. The molecular formula is C52H106NO7P. The lowest BCUT2D eigenvalue weighted by Gasteiger charge is -2.28. The van der Waals surface area contributed by atoms with E-state index in [1.165, 1.54) is 218 Å². The monoisotopic (exact) mass is 888 g/mol. The fraction of sp³-hybridized carbons (Fsp3) is 0.981. The van der Waals surface area contributed by atoms with Gasteiger partial charge in [0.15, 0.2) is 0 Å². The van der Waals surface area contributed by atoms with Gasteiger partial charge in [0.2, 0.25) is 0 Å². The maximum atomic E-state index is 12.8. The van der Waals surface area contributed by atoms with E-state index in [0.29, 0.717) is 24.1 Å². The summed E-state index contributed by atoms with van der Waals surface area (Å²) in [6.45, 7) is 5.50. The van der Waals surface area contributed by atoms with Gasteiger partial charge in [0, 0.05) is 13.0 Å². The quantitative estimate of drug-likeness (QED) is 0.0260. The fourth-order valence-corrected chi connectivity index (χ4v) is 8.75. The van der Waals surface area contributed by atoms with E-state index in [9.17, 15) is 14.3 Å². The van der Waals surface area contributed by atoms with Crippen LogP contribution in [0.25, 0.3) is 0 Å². The van der Waals surface area contributed by atoms with Gasteiger partial charge in [-0.05, 0) is 12.8 Å². The first-order chi connectivity index (χ1) is 29.6. The van der Waals surface area contributed by atoms with Crippen LogP contribution in [0.3, 0.4) is 0 Å². The molecule has 0 saturated carbocycles. The van der Waals surface area contributed by atoms with Crippen molar-refractivity contribution in [1.82, 2.24) is 0 Å². The number of esters is 1. The molecule has 366 valence electrons. The number of phosphoric acid groups is 1. The van der Waals surface area contributed by atoms with Gasteiger partial charge in [-0.25, -0.2) is 0 Å². The summed E-state index contributed by atoms with van der Waals surface area (Å²) in [5.41, 5.74) is 0. The Hall–Kier alpha value is -0.500. The van der Waals surface area contributed by atoms with Crippen molar-refractivity contribution in [1.29, 1.82) is 0 Å². The van der Waals surface area contributed by atoms with Crippen molar-refractivity contribution in [2.75, 3.05) is 54.1 Å². The number of nitrogens with zero attached hydrogens (tertiary/aromatic N) is 1. The molecule has 0 aliphatic carbocycles. The average Bonchev–Trinajstić information content (AvgIpc) is 3.22. The summed E-state index contributed by atoms with van der Waals surface area (Å²) in [7, 11) is 1.38. The van der Waals surface area contributed by atoms with Crippen molar-refractivity contribution in [3.63, 3.8) is 0 Å². The molecule has 61 heavy (non-hydrogen) atoms. The highest BCUT2D eigenvalue weighted by molar-refractivity contribution is 7.45. The number of quaternary nitrogens is 1. The van der Waals surface area contributed by atoms with Gasteiger partial charge >= 0.3 is 5.97 Å². The van der Waals surface area contributed by atoms with E-state index >= 15 is 0 Å². The van der Waals surface area contributed by atoms with Gasteiger partial charge in [-0.15, -0.1) is 0 Å². The van der Waals surface area contributed by atoms with Crippen molar-refractivity contribution in [3.05, 3.63) is 0 Å². The zero-order chi connectivity index (χ0) is 44.8. The van der Waals surface area contributed by atoms with Gasteiger partial charge < -0.3 is 27.9 Å². The van der Waals surface area contributed by atoms with Crippen molar-refractivity contribution in [3.8, 4) is 0 Å². The Labute approximate surface area is 380 Å². The lowest BCUT2D eigenvalue weighted by Crippen LogP contribution is -2.37. The Morgan fingerprint density at radius 1 is 0.443 bits per heavy atom. The number of hydrogen-bond donors (Lipinski definition) is 0. The van der Waals surface area contributed by atoms with Crippen LogP contribution in [0, 0.1) is 0 Å². The first-order valence-corrected chi connectivity index (χ1v) is 28.2. The Balaban J connectivity index is 4.03. The zero-order valence-electron chi connectivity index (χ0n) is 41.6. The summed E-state index contributed by atoms with van der Waals surface area (Å²) < 4.78 is 34.8. The summed E-state index contributed by atoms with van der Waals surface area (Å²) in [5.74, 6) is -0.324. The third-order valence-electron chi connectivity index (χ3n) is 12.2. The van der Waals surface area contributed by atoms with Crippen LogP contribution in [0.15, 0.2) is 0 Å². The predicted octanol–water partition coefficient (Wildman–Crippen LogP) is 15.8. The second-order valence-electron chi connectivity index (χ2n) is 19.6. The predicted molar refractivity (Wildman–Crippen MR) is 259 cm³/mol. The first-order valence-electron chi connectivity index (χ1n) is 26.8. The molecule has 8 nitrogen and oxygen atoms in total. The number of carbonyl (C=O) groups excluding carboxylic acids is 1. The molecule has 0 amide bonds. The third-order valence-corrected chi connectivity index (χ3v) is 13.1. The summed E-state index contributed by atoms with van der Waals surface area (Å²) >= 11 is 0. The molecule has 0 spiro atoms. The molecule has 9 heteroatoms. The molecule has 0 aliphatic heterocycles. The molecule has 0 bridgehead atoms. The minimum Gasteiger partial charge on any atom is -0.756 e. The topological polar surface area (TPSA) is 94.1 Å². The highest BCUT2D eigenvalue weighted by Crippen LogP contribution is 2.38. The maximum Gasteiger partial charge on any atom is 0.306 e. The van der Waals surface area contributed by atoms with Crippen LogP contribution in [-0.4, -0.2) is 70.7 Å². The highest BCUT2D eigenvalue weighted by atomic mass is 31.2. The van der Waals surface area contributed by atoms with Crippen LogP contribution in [0.1, 0.15) is 271 Å². The van der Waals surface area contributed by atoms with Crippen LogP contribution in [-0.2, 0) is 27.9 Å². The fourth-order valence-electron chi connectivity index (χ4n) is 8.02. The minimum absolute atomic E-state index is 0.0318. The van der Waals surface area contributed by atoms with E-state index < -0.39 is 13.9 Å². The molecule has 0 heterocycles. The summed E-state index contributed by atoms with van der Waals surface area (Å²) in [6, 6.07) is 0. The van der Waals surface area contributed by atoms with E-state index in [1.54, 1.807) is 0 Å². The third kappa shape index (κ3) is 50.4. The van der Waals surface area contributed by atoms with Crippen LogP contribution < -0.4 is 4.89 Å². The minimum atomic E-state index is -4.52. The summed E-state index contributed by atoms with van der Waals surface area (Å²) in [4.78, 5) is 25.2. The van der Waals surface area contributed by atoms with E-state index in [2.05, 4.69) is 13.8 Å². The SMILES string of the molecule is CCCCCCCCCCCCCCCCCCCCCCCCCC(=O)OC(COCCCCCCCCCCCCCCCCCC)COP(=O)([O-])OCC[N+](C)(C)C. The zero-order valence-corrected chi connectivity index (χ0v) is 42.5. The van der Waals surface area contributed by atoms with Gasteiger partial charge in [-0.3, -0.25) is 9.36 Å². The van der Waals surface area contributed by atoms with Gasteiger partial charge in [-0.1, -0.05) is 251 Å². The number of phosphoric ester groups is 1. The van der Waals surface area contributed by atoms with Crippen molar-refractivity contribution in [2.45, 2.75) is 277 Å². The van der Waals surface area contributed by atoms with Crippen LogP contribution in [0.5, 0.6) is 0 Å². The second kappa shape index (κ2) is 46.0. The number of hydrogen-bond acceptors (Lipinski definition) is 7. The van der Waals surface area contributed by atoms with Gasteiger partial charge in [-0.2, -0.15) is 0 Å². The Morgan fingerprint density at radius 2 is 0.754 bits per heavy atom. The molecule has 0 N–H and O–H groups in total.